The Morgan fingerprint density at radius 1 is 1.35 bits per heavy atom. The largest absolute Gasteiger partial charge is 0.408 e. The third-order valence-electron chi connectivity index (χ3n) is 3.57. The molecular weight excluding hydrogens is 311 g/mol. The standard InChI is InChI=1S/C15H24F3N3O2/c1-9(13(22)20(6)7-14(4,5)23)12-10(2)19-21(11(12)3)8-15(16,17)18/h9,23H,7-8H2,1-6H3/t9-/m1/s1. The van der Waals surface area contributed by atoms with Gasteiger partial charge in [0, 0.05) is 24.8 Å². The summed E-state index contributed by atoms with van der Waals surface area (Å²) in [6.07, 6.45) is -4.37. The van der Waals surface area contributed by atoms with Crippen LogP contribution in [0.25, 0.3) is 0 Å². The average Bonchev–Trinajstić information content (AvgIpc) is 2.58. The van der Waals surface area contributed by atoms with Gasteiger partial charge in [0.15, 0.2) is 0 Å². The maximum Gasteiger partial charge on any atom is 0.408 e. The van der Waals surface area contributed by atoms with Crippen LogP contribution in [-0.4, -0.2) is 51.1 Å². The van der Waals surface area contributed by atoms with Crippen molar-refractivity contribution in [2.75, 3.05) is 13.6 Å². The highest BCUT2D eigenvalue weighted by Gasteiger charge is 2.32. The van der Waals surface area contributed by atoms with Crippen molar-refractivity contribution in [1.82, 2.24) is 14.7 Å². The van der Waals surface area contributed by atoms with Crippen molar-refractivity contribution >= 4 is 5.91 Å². The molecule has 0 saturated heterocycles. The Balaban J connectivity index is 3.04. The second-order valence-corrected chi connectivity index (χ2v) is 6.59. The van der Waals surface area contributed by atoms with Crippen LogP contribution in [0.3, 0.4) is 0 Å². The van der Waals surface area contributed by atoms with Gasteiger partial charge >= 0.3 is 6.18 Å². The smallest absolute Gasteiger partial charge is 0.389 e. The van der Waals surface area contributed by atoms with Gasteiger partial charge in [-0.25, -0.2) is 0 Å². The van der Waals surface area contributed by atoms with Gasteiger partial charge in [-0.15, -0.1) is 0 Å². The van der Waals surface area contributed by atoms with Crippen molar-refractivity contribution in [2.45, 2.75) is 58.9 Å². The van der Waals surface area contributed by atoms with Gasteiger partial charge in [0.2, 0.25) is 5.91 Å². The van der Waals surface area contributed by atoms with Crippen molar-refractivity contribution in [3.63, 3.8) is 0 Å². The zero-order valence-electron chi connectivity index (χ0n) is 14.3. The van der Waals surface area contributed by atoms with E-state index in [1.54, 1.807) is 34.7 Å². The van der Waals surface area contributed by atoms with Crippen molar-refractivity contribution in [3.05, 3.63) is 17.0 Å². The minimum absolute atomic E-state index is 0.130. The molecule has 1 aromatic rings. The minimum atomic E-state index is -4.37. The summed E-state index contributed by atoms with van der Waals surface area (Å²) in [5, 5.41) is 13.7. The van der Waals surface area contributed by atoms with E-state index in [9.17, 15) is 23.1 Å². The first-order valence-corrected chi connectivity index (χ1v) is 7.31. The highest BCUT2D eigenvalue weighted by atomic mass is 19.4. The Kier molecular flexibility index (Phi) is 5.51. The van der Waals surface area contributed by atoms with Crippen LogP contribution in [0.4, 0.5) is 13.2 Å². The Hall–Kier alpha value is -1.57. The number of aliphatic hydroxyl groups is 1. The molecule has 0 aromatic carbocycles. The van der Waals surface area contributed by atoms with Crippen molar-refractivity contribution in [3.8, 4) is 0 Å². The van der Waals surface area contributed by atoms with E-state index in [4.69, 9.17) is 0 Å². The molecule has 0 aliphatic heterocycles. The van der Waals surface area contributed by atoms with Gasteiger partial charge in [-0.1, -0.05) is 0 Å². The number of aryl methyl sites for hydroxylation is 1. The molecular formula is C15H24F3N3O2. The van der Waals surface area contributed by atoms with Crippen LogP contribution >= 0.6 is 0 Å². The fraction of sp³-hybridized carbons (Fsp3) is 0.733. The first kappa shape index (κ1) is 19.5. The normalized spacial score (nSPS) is 14.0. The van der Waals surface area contributed by atoms with Crippen LogP contribution < -0.4 is 0 Å². The molecule has 0 unspecified atom stereocenters. The molecule has 0 spiro atoms. The van der Waals surface area contributed by atoms with Crippen LogP contribution in [0.2, 0.25) is 0 Å². The monoisotopic (exact) mass is 335 g/mol. The van der Waals surface area contributed by atoms with E-state index in [0.717, 1.165) is 4.68 Å². The number of aromatic nitrogens is 2. The number of carbonyl (C=O) groups is 1. The number of nitrogens with zero attached hydrogens (tertiary/aromatic N) is 3. The summed E-state index contributed by atoms with van der Waals surface area (Å²) >= 11 is 0. The van der Waals surface area contributed by atoms with E-state index in [2.05, 4.69) is 5.10 Å². The van der Waals surface area contributed by atoms with Gasteiger partial charge in [0.05, 0.1) is 17.2 Å². The molecule has 0 aliphatic rings. The van der Waals surface area contributed by atoms with Crippen LogP contribution in [0, 0.1) is 13.8 Å². The highest BCUT2D eigenvalue weighted by Crippen LogP contribution is 2.27. The predicted molar refractivity (Wildman–Crippen MR) is 80.1 cm³/mol. The van der Waals surface area contributed by atoms with E-state index >= 15 is 0 Å². The molecule has 0 aliphatic carbocycles. The van der Waals surface area contributed by atoms with Gasteiger partial charge in [0.1, 0.15) is 6.54 Å². The summed E-state index contributed by atoms with van der Waals surface area (Å²) < 4.78 is 38.6. The summed E-state index contributed by atoms with van der Waals surface area (Å²) in [6.45, 7) is 6.87. The summed E-state index contributed by atoms with van der Waals surface area (Å²) in [4.78, 5) is 13.9. The zero-order chi connectivity index (χ0) is 18.2. The molecule has 1 heterocycles. The molecule has 8 heteroatoms. The zero-order valence-corrected chi connectivity index (χ0v) is 14.3. The van der Waals surface area contributed by atoms with Crippen LogP contribution in [0.1, 0.15) is 43.6 Å². The lowest BCUT2D eigenvalue weighted by atomic mass is 9.97. The van der Waals surface area contributed by atoms with Gasteiger partial charge in [-0.05, 0) is 34.6 Å². The molecule has 23 heavy (non-hydrogen) atoms. The fourth-order valence-electron chi connectivity index (χ4n) is 2.77. The summed E-state index contributed by atoms with van der Waals surface area (Å²) in [6, 6.07) is 0. The van der Waals surface area contributed by atoms with Crippen LogP contribution in [0.5, 0.6) is 0 Å². The van der Waals surface area contributed by atoms with E-state index in [1.807, 2.05) is 0 Å². The fourth-order valence-corrected chi connectivity index (χ4v) is 2.77. The molecule has 1 atom stereocenters. The van der Waals surface area contributed by atoms with Gasteiger partial charge in [-0.2, -0.15) is 18.3 Å². The molecule has 0 bridgehead atoms. The SMILES string of the molecule is Cc1nn(CC(F)(F)F)c(C)c1[C@@H](C)C(=O)N(C)CC(C)(C)O. The van der Waals surface area contributed by atoms with Gasteiger partial charge in [0.25, 0.3) is 0 Å². The summed E-state index contributed by atoms with van der Waals surface area (Å²) in [5.74, 6) is -0.908. The molecule has 132 valence electrons. The summed E-state index contributed by atoms with van der Waals surface area (Å²) in [5.41, 5.74) is 0.192. The van der Waals surface area contributed by atoms with Gasteiger partial charge < -0.3 is 10.0 Å². The van der Waals surface area contributed by atoms with E-state index in [0.29, 0.717) is 17.0 Å². The molecule has 1 amide bonds. The first-order chi connectivity index (χ1) is 10.2. The quantitative estimate of drug-likeness (QED) is 0.899. The Labute approximate surface area is 134 Å². The number of amides is 1. The van der Waals surface area contributed by atoms with E-state index in [-0.39, 0.29) is 12.5 Å². The lowest BCUT2D eigenvalue weighted by Gasteiger charge is -2.28. The highest BCUT2D eigenvalue weighted by molar-refractivity contribution is 5.83. The first-order valence-electron chi connectivity index (χ1n) is 7.31. The summed E-state index contributed by atoms with van der Waals surface area (Å²) in [7, 11) is 1.56. The Morgan fingerprint density at radius 3 is 2.30 bits per heavy atom. The third kappa shape index (κ3) is 5.23. The number of hydrogen-bond donors (Lipinski definition) is 1. The maximum atomic E-state index is 12.6. The number of alkyl halides is 3. The van der Waals surface area contributed by atoms with Crippen LogP contribution in [-0.2, 0) is 11.3 Å². The number of carbonyl (C=O) groups excluding carboxylic acids is 1. The predicted octanol–water partition coefficient (Wildman–Crippen LogP) is 2.40. The number of likely N-dealkylation sites (N-methyl/N-ethyl adjacent to an activating group) is 1. The number of halogens is 3. The van der Waals surface area contributed by atoms with Crippen molar-refractivity contribution in [1.29, 1.82) is 0 Å². The lowest BCUT2D eigenvalue weighted by Crippen LogP contribution is -2.41. The number of hydrogen-bond acceptors (Lipinski definition) is 3. The van der Waals surface area contributed by atoms with Crippen LogP contribution in [0.15, 0.2) is 0 Å². The minimum Gasteiger partial charge on any atom is -0.389 e. The maximum absolute atomic E-state index is 12.6. The molecule has 1 rings (SSSR count). The molecule has 1 N–H and O–H groups in total. The van der Waals surface area contributed by atoms with Crippen molar-refractivity contribution in [2.24, 2.45) is 0 Å². The molecule has 5 nitrogen and oxygen atoms in total. The lowest BCUT2D eigenvalue weighted by molar-refractivity contribution is -0.143. The third-order valence-corrected chi connectivity index (χ3v) is 3.57. The molecule has 0 radical (unpaired) electrons. The topological polar surface area (TPSA) is 58.4 Å². The van der Waals surface area contributed by atoms with E-state index in [1.165, 1.54) is 11.8 Å². The number of rotatable bonds is 5. The second kappa shape index (κ2) is 6.51. The average molecular weight is 335 g/mol. The molecule has 0 saturated carbocycles. The Morgan fingerprint density at radius 2 is 1.87 bits per heavy atom. The molecule has 1 aromatic heterocycles. The molecule has 0 fully saturated rings. The second-order valence-electron chi connectivity index (χ2n) is 6.59. The van der Waals surface area contributed by atoms with Crippen molar-refractivity contribution < 1.29 is 23.1 Å². The Bertz CT molecular complexity index is 574. The van der Waals surface area contributed by atoms with Gasteiger partial charge in [-0.3, -0.25) is 9.48 Å². The van der Waals surface area contributed by atoms with E-state index < -0.39 is 24.2 Å².